The molecule has 33 heavy (non-hydrogen) atoms. The molecule has 4 nitrogen and oxygen atoms in total. The van der Waals surface area contributed by atoms with E-state index in [4.69, 9.17) is 4.74 Å². The molecule has 0 aliphatic heterocycles. The number of methoxy groups -OCH3 is 1. The highest BCUT2D eigenvalue weighted by molar-refractivity contribution is 5.84. The Morgan fingerprint density at radius 2 is 1.85 bits per heavy atom. The van der Waals surface area contributed by atoms with Crippen LogP contribution in [0, 0.1) is 40.4 Å². The van der Waals surface area contributed by atoms with Crippen molar-refractivity contribution >= 4 is 5.78 Å². The Kier molecular flexibility index (Phi) is 7.18. The molecule has 186 valence electrons. The lowest BCUT2D eigenvalue weighted by Gasteiger charge is -2.59. The molecule has 4 unspecified atom stereocenters. The SMILES string of the molecule is C=CN(/C=C\C)CC(=O)[C@H]1CCC2C3CCC4C[C@@](O)(COC)CCC[C@]4(C)C3CC[C@@]21C. The van der Waals surface area contributed by atoms with Crippen LogP contribution in [0.3, 0.4) is 0 Å². The van der Waals surface area contributed by atoms with Gasteiger partial charge in [-0.05, 0) is 118 Å². The summed E-state index contributed by atoms with van der Waals surface area (Å²) in [6.07, 6.45) is 17.0. The number of aliphatic hydroxyl groups is 1. The summed E-state index contributed by atoms with van der Waals surface area (Å²) in [7, 11) is 1.71. The molecule has 8 atom stereocenters. The van der Waals surface area contributed by atoms with Gasteiger partial charge >= 0.3 is 0 Å². The number of carbonyl (C=O) groups is 1. The topological polar surface area (TPSA) is 49.8 Å². The van der Waals surface area contributed by atoms with E-state index < -0.39 is 5.60 Å². The Hall–Kier alpha value is -1.13. The van der Waals surface area contributed by atoms with E-state index in [0.717, 1.165) is 37.5 Å². The summed E-state index contributed by atoms with van der Waals surface area (Å²) in [4.78, 5) is 15.4. The molecule has 0 saturated heterocycles. The van der Waals surface area contributed by atoms with Crippen molar-refractivity contribution in [3.63, 3.8) is 0 Å². The third kappa shape index (κ3) is 4.35. The fourth-order valence-corrected chi connectivity index (χ4v) is 9.21. The zero-order chi connectivity index (χ0) is 23.9. The quantitative estimate of drug-likeness (QED) is 0.512. The number of nitrogens with zero attached hydrogens (tertiary/aromatic N) is 1. The first kappa shape index (κ1) is 25.0. The molecular weight excluding hydrogens is 410 g/mol. The average molecular weight is 458 g/mol. The summed E-state index contributed by atoms with van der Waals surface area (Å²) >= 11 is 0. The molecule has 0 spiro atoms. The summed E-state index contributed by atoms with van der Waals surface area (Å²) in [6, 6.07) is 0. The number of ketones is 1. The van der Waals surface area contributed by atoms with Crippen molar-refractivity contribution in [1.82, 2.24) is 4.90 Å². The first-order valence-electron chi connectivity index (χ1n) is 13.5. The van der Waals surface area contributed by atoms with Gasteiger partial charge in [0.05, 0.1) is 18.8 Å². The predicted octanol–water partition coefficient (Wildman–Crippen LogP) is 5.96. The molecule has 0 aromatic heterocycles. The van der Waals surface area contributed by atoms with Crippen LogP contribution in [-0.2, 0) is 9.53 Å². The van der Waals surface area contributed by atoms with Gasteiger partial charge in [-0.25, -0.2) is 0 Å². The van der Waals surface area contributed by atoms with Gasteiger partial charge in [-0.3, -0.25) is 4.79 Å². The zero-order valence-electron chi connectivity index (χ0n) is 21.5. The summed E-state index contributed by atoms with van der Waals surface area (Å²) in [6.45, 7) is 11.8. The van der Waals surface area contributed by atoms with E-state index in [1.165, 1.54) is 38.5 Å². The van der Waals surface area contributed by atoms with Crippen LogP contribution in [0.5, 0.6) is 0 Å². The van der Waals surface area contributed by atoms with Gasteiger partial charge in [-0.15, -0.1) is 0 Å². The van der Waals surface area contributed by atoms with Crippen LogP contribution in [0.4, 0.5) is 0 Å². The maximum Gasteiger partial charge on any atom is 0.156 e. The van der Waals surface area contributed by atoms with E-state index in [0.29, 0.717) is 36.2 Å². The van der Waals surface area contributed by atoms with Crippen LogP contribution in [0.2, 0.25) is 0 Å². The first-order chi connectivity index (χ1) is 15.7. The third-order valence-corrected chi connectivity index (χ3v) is 10.8. The van der Waals surface area contributed by atoms with Crippen molar-refractivity contribution < 1.29 is 14.6 Å². The van der Waals surface area contributed by atoms with E-state index >= 15 is 0 Å². The largest absolute Gasteiger partial charge is 0.387 e. The third-order valence-electron chi connectivity index (χ3n) is 10.8. The van der Waals surface area contributed by atoms with Gasteiger partial charge in [0.1, 0.15) is 0 Å². The van der Waals surface area contributed by atoms with Crippen molar-refractivity contribution in [2.24, 2.45) is 40.4 Å². The van der Waals surface area contributed by atoms with Gasteiger partial charge in [0.2, 0.25) is 0 Å². The summed E-state index contributed by atoms with van der Waals surface area (Å²) in [5.74, 6) is 3.32. The minimum absolute atomic E-state index is 0.145. The Labute approximate surface area is 201 Å². The second kappa shape index (κ2) is 9.49. The first-order valence-corrected chi connectivity index (χ1v) is 13.5. The van der Waals surface area contributed by atoms with Gasteiger partial charge in [0.15, 0.2) is 5.78 Å². The molecule has 0 amide bonds. The van der Waals surface area contributed by atoms with Crippen LogP contribution in [0.1, 0.15) is 85.0 Å². The number of Topliss-reactive ketones (excluding diaryl/α,β-unsaturated/α-hetero) is 1. The van der Waals surface area contributed by atoms with Crippen LogP contribution >= 0.6 is 0 Å². The lowest BCUT2D eigenvalue weighted by Crippen LogP contribution is -2.53. The summed E-state index contributed by atoms with van der Waals surface area (Å²) in [5.41, 5.74) is -0.191. The molecule has 0 aromatic carbocycles. The number of ether oxygens (including phenoxy) is 1. The molecule has 4 aliphatic carbocycles. The van der Waals surface area contributed by atoms with E-state index in [1.54, 1.807) is 13.3 Å². The highest BCUT2D eigenvalue weighted by atomic mass is 16.5. The predicted molar refractivity (Wildman–Crippen MR) is 133 cm³/mol. The molecule has 4 saturated carbocycles. The Balaban J connectivity index is 1.51. The van der Waals surface area contributed by atoms with Gasteiger partial charge in [0.25, 0.3) is 0 Å². The fourth-order valence-electron chi connectivity index (χ4n) is 9.21. The number of fused-ring (bicyclic) bond motifs is 5. The van der Waals surface area contributed by atoms with E-state index in [2.05, 4.69) is 20.4 Å². The van der Waals surface area contributed by atoms with Gasteiger partial charge in [0, 0.05) is 13.0 Å². The lowest BCUT2D eigenvalue weighted by molar-refractivity contribution is -0.135. The zero-order valence-corrected chi connectivity index (χ0v) is 21.5. The second-order valence-corrected chi connectivity index (χ2v) is 12.4. The number of hydrogen-bond donors (Lipinski definition) is 1. The van der Waals surface area contributed by atoms with Crippen LogP contribution in [0.25, 0.3) is 0 Å². The highest BCUT2D eigenvalue weighted by Gasteiger charge is 2.61. The Bertz CT molecular complexity index is 764. The fraction of sp³-hybridized carbons (Fsp3) is 0.828. The van der Waals surface area contributed by atoms with Crippen molar-refractivity contribution in [2.75, 3.05) is 20.3 Å². The van der Waals surface area contributed by atoms with E-state index in [-0.39, 0.29) is 11.3 Å². The van der Waals surface area contributed by atoms with E-state index in [1.807, 2.05) is 24.1 Å². The molecule has 4 aliphatic rings. The minimum atomic E-state index is -0.651. The monoisotopic (exact) mass is 457 g/mol. The van der Waals surface area contributed by atoms with Crippen LogP contribution < -0.4 is 0 Å². The molecule has 0 aromatic rings. The van der Waals surface area contributed by atoms with Crippen molar-refractivity contribution in [3.05, 3.63) is 25.1 Å². The van der Waals surface area contributed by atoms with Gasteiger partial charge < -0.3 is 14.7 Å². The summed E-state index contributed by atoms with van der Waals surface area (Å²) < 4.78 is 5.42. The number of allylic oxidation sites excluding steroid dienone is 1. The van der Waals surface area contributed by atoms with Crippen molar-refractivity contribution in [2.45, 2.75) is 90.6 Å². The molecule has 4 heteroatoms. The smallest absolute Gasteiger partial charge is 0.156 e. The lowest BCUT2D eigenvalue weighted by atomic mass is 9.46. The van der Waals surface area contributed by atoms with Crippen molar-refractivity contribution in [3.8, 4) is 0 Å². The Morgan fingerprint density at radius 3 is 2.55 bits per heavy atom. The number of carbonyl (C=O) groups excluding carboxylic acids is 1. The van der Waals surface area contributed by atoms with Crippen LogP contribution in [0.15, 0.2) is 25.1 Å². The Morgan fingerprint density at radius 1 is 1.09 bits per heavy atom. The highest BCUT2D eigenvalue weighted by Crippen LogP contribution is 2.67. The molecule has 1 N–H and O–H groups in total. The standard InChI is InChI=1S/C29H47NO3/c1-6-17-30(7-2)19-26(31)25-12-11-23-22-10-9-21-18-29(32,20-33-5)15-8-14-27(21,3)24(22)13-16-28(23,25)4/h6-7,17,21-25,32H,2,8-16,18-20H2,1,3-5H3/b17-6-/t21?,22?,23?,24?,25-,27+,28+,29-/m1/s1. The molecule has 0 bridgehead atoms. The second-order valence-electron chi connectivity index (χ2n) is 12.4. The maximum atomic E-state index is 13.4. The van der Waals surface area contributed by atoms with Crippen molar-refractivity contribution in [1.29, 1.82) is 0 Å². The normalized spacial score (nSPS) is 45.1. The van der Waals surface area contributed by atoms with Gasteiger partial charge in [-0.2, -0.15) is 0 Å². The molecular formula is C29H47NO3. The average Bonchev–Trinajstić information content (AvgIpc) is 3.06. The van der Waals surface area contributed by atoms with Gasteiger partial charge in [-0.1, -0.05) is 26.5 Å². The van der Waals surface area contributed by atoms with E-state index in [9.17, 15) is 9.90 Å². The number of rotatable bonds is 7. The minimum Gasteiger partial charge on any atom is -0.387 e. The molecule has 0 radical (unpaired) electrons. The number of hydrogen-bond acceptors (Lipinski definition) is 4. The molecule has 0 heterocycles. The van der Waals surface area contributed by atoms with Crippen LogP contribution in [-0.4, -0.2) is 41.7 Å². The summed E-state index contributed by atoms with van der Waals surface area (Å²) in [5, 5.41) is 11.2. The molecule has 4 rings (SSSR count). The maximum absolute atomic E-state index is 13.4. The molecule has 4 fully saturated rings.